The number of para-hydroxylation sites is 1. The molecule has 1 fully saturated rings. The van der Waals surface area contributed by atoms with Crippen LogP contribution in [0, 0.1) is 0 Å². The third-order valence-electron chi connectivity index (χ3n) is 4.72. The third kappa shape index (κ3) is 2.86. The van der Waals surface area contributed by atoms with E-state index in [4.69, 9.17) is 4.74 Å². The Kier molecular flexibility index (Phi) is 4.14. The Morgan fingerprint density at radius 1 is 1.29 bits per heavy atom. The minimum atomic E-state index is 0.00551. The molecule has 1 aromatic heterocycles. The number of fused-ring (bicyclic) bond motifs is 1. The fraction of sp³-hybridized carbons (Fsp3) is 0.444. The van der Waals surface area contributed by atoms with Gasteiger partial charge in [-0.2, -0.15) is 0 Å². The summed E-state index contributed by atoms with van der Waals surface area (Å²) in [4.78, 5) is 17.7. The number of aromatic nitrogens is 1. The predicted octanol–water partition coefficient (Wildman–Crippen LogP) is 3.98. The summed E-state index contributed by atoms with van der Waals surface area (Å²) in [5, 5.41) is 6.78. The second-order valence-corrected chi connectivity index (χ2v) is 7.38. The summed E-state index contributed by atoms with van der Waals surface area (Å²) in [6.45, 7) is 0. The highest BCUT2D eigenvalue weighted by Gasteiger charge is 2.32. The molecule has 0 bridgehead atoms. The third-order valence-corrected chi connectivity index (χ3v) is 5.91. The zero-order valence-electron chi connectivity index (χ0n) is 13.7. The first-order valence-electron chi connectivity index (χ1n) is 8.48. The number of carbonyl (C=O) groups excluding carboxylic acids is 1. The van der Waals surface area contributed by atoms with E-state index in [1.165, 1.54) is 12.8 Å². The maximum absolute atomic E-state index is 12.2. The number of hydrogen-bond acceptors (Lipinski definition) is 5. The zero-order chi connectivity index (χ0) is 16.5. The van der Waals surface area contributed by atoms with Crippen molar-refractivity contribution in [3.05, 3.63) is 34.7 Å². The molecule has 0 radical (unpaired) electrons. The second kappa shape index (κ2) is 6.43. The van der Waals surface area contributed by atoms with E-state index >= 15 is 0 Å². The number of anilines is 2. The molecule has 6 heteroatoms. The van der Waals surface area contributed by atoms with Gasteiger partial charge in [0.15, 0.2) is 5.13 Å². The summed E-state index contributed by atoms with van der Waals surface area (Å²) in [6, 6.07) is 8.13. The average Bonchev–Trinajstić information content (AvgIpc) is 3.23. The first-order valence-corrected chi connectivity index (χ1v) is 9.30. The topological polar surface area (TPSA) is 63.3 Å². The van der Waals surface area contributed by atoms with Gasteiger partial charge >= 0.3 is 0 Å². The molecule has 1 aliphatic carbocycles. The van der Waals surface area contributed by atoms with Crippen molar-refractivity contribution in [2.75, 3.05) is 17.7 Å². The van der Waals surface area contributed by atoms with Crippen LogP contribution in [0.1, 0.15) is 48.5 Å². The van der Waals surface area contributed by atoms with Gasteiger partial charge in [0, 0.05) is 24.9 Å². The number of rotatable bonds is 4. The molecule has 1 aliphatic heterocycles. The molecule has 0 saturated heterocycles. The second-order valence-electron chi connectivity index (χ2n) is 6.35. The molecule has 2 aliphatic rings. The molecule has 0 unspecified atom stereocenters. The van der Waals surface area contributed by atoms with E-state index in [0.717, 1.165) is 34.2 Å². The lowest BCUT2D eigenvalue weighted by atomic mass is 9.91. The van der Waals surface area contributed by atoms with Gasteiger partial charge in [-0.25, -0.2) is 4.98 Å². The summed E-state index contributed by atoms with van der Waals surface area (Å²) in [5.41, 5.74) is 1.09. The standard InChI is InChI=1S/C18H21N3O2S/c1-19-18-21-17-16(24-18)13(10-15(22)20-17)12-8-4-5-9-14(12)23-11-6-2-3-7-11/h4-5,8-9,11,13H,2-3,6-7,10H2,1H3,(H,19,21)(H,20,22)/t13-/m1/s1. The number of nitrogens with zero attached hydrogens (tertiary/aromatic N) is 1. The van der Waals surface area contributed by atoms with Crippen molar-refractivity contribution in [2.45, 2.75) is 44.1 Å². The Morgan fingerprint density at radius 3 is 2.88 bits per heavy atom. The van der Waals surface area contributed by atoms with Crippen LogP contribution in [0.2, 0.25) is 0 Å². The molecule has 1 saturated carbocycles. The van der Waals surface area contributed by atoms with Gasteiger partial charge in [0.1, 0.15) is 11.6 Å². The van der Waals surface area contributed by atoms with E-state index in [1.807, 2.05) is 25.2 Å². The molecule has 2 N–H and O–H groups in total. The van der Waals surface area contributed by atoms with Gasteiger partial charge < -0.3 is 15.4 Å². The summed E-state index contributed by atoms with van der Waals surface area (Å²) in [6.07, 6.45) is 5.46. The van der Waals surface area contributed by atoms with Crippen molar-refractivity contribution >= 4 is 28.2 Å². The van der Waals surface area contributed by atoms with Crippen LogP contribution in [0.25, 0.3) is 0 Å². The van der Waals surface area contributed by atoms with Crippen molar-refractivity contribution in [2.24, 2.45) is 0 Å². The highest BCUT2D eigenvalue weighted by molar-refractivity contribution is 7.16. The minimum absolute atomic E-state index is 0.00551. The normalized spacial score (nSPS) is 20.5. The lowest BCUT2D eigenvalue weighted by molar-refractivity contribution is -0.116. The maximum atomic E-state index is 12.2. The highest BCUT2D eigenvalue weighted by Crippen LogP contribution is 2.45. The number of amides is 1. The van der Waals surface area contributed by atoms with Crippen molar-refractivity contribution < 1.29 is 9.53 Å². The van der Waals surface area contributed by atoms with Gasteiger partial charge in [-0.1, -0.05) is 29.5 Å². The summed E-state index contributed by atoms with van der Waals surface area (Å²) in [5.74, 6) is 1.61. The van der Waals surface area contributed by atoms with Crippen molar-refractivity contribution in [1.82, 2.24) is 4.98 Å². The summed E-state index contributed by atoms with van der Waals surface area (Å²) in [7, 11) is 1.85. The van der Waals surface area contributed by atoms with Crippen LogP contribution in [0.4, 0.5) is 10.9 Å². The molecule has 24 heavy (non-hydrogen) atoms. The maximum Gasteiger partial charge on any atom is 0.226 e. The van der Waals surface area contributed by atoms with Gasteiger partial charge in [-0.05, 0) is 31.7 Å². The molecule has 1 aromatic carbocycles. The zero-order valence-corrected chi connectivity index (χ0v) is 14.5. The Hall–Kier alpha value is -2.08. The first kappa shape index (κ1) is 15.4. The molecule has 2 aromatic rings. The molecule has 126 valence electrons. The van der Waals surface area contributed by atoms with E-state index in [2.05, 4.69) is 21.7 Å². The molecule has 1 atom stereocenters. The van der Waals surface area contributed by atoms with Gasteiger partial charge in [0.05, 0.1) is 11.0 Å². The molecule has 5 nitrogen and oxygen atoms in total. The number of thiazole rings is 1. The van der Waals surface area contributed by atoms with Gasteiger partial charge in [0.25, 0.3) is 0 Å². The Morgan fingerprint density at radius 2 is 2.08 bits per heavy atom. The smallest absolute Gasteiger partial charge is 0.226 e. The van der Waals surface area contributed by atoms with E-state index in [9.17, 15) is 4.79 Å². The van der Waals surface area contributed by atoms with Crippen LogP contribution in [0.5, 0.6) is 5.75 Å². The fourth-order valence-electron chi connectivity index (χ4n) is 3.54. The van der Waals surface area contributed by atoms with Crippen molar-refractivity contribution in [1.29, 1.82) is 0 Å². The number of carbonyl (C=O) groups is 1. The Balaban J connectivity index is 1.70. The lowest BCUT2D eigenvalue weighted by Gasteiger charge is -2.25. The van der Waals surface area contributed by atoms with E-state index in [-0.39, 0.29) is 11.8 Å². The first-order chi connectivity index (χ1) is 11.7. The number of benzene rings is 1. The van der Waals surface area contributed by atoms with Crippen molar-refractivity contribution in [3.63, 3.8) is 0 Å². The van der Waals surface area contributed by atoms with Crippen LogP contribution in [-0.4, -0.2) is 24.0 Å². The monoisotopic (exact) mass is 343 g/mol. The summed E-state index contributed by atoms with van der Waals surface area (Å²) >= 11 is 1.60. The van der Waals surface area contributed by atoms with E-state index in [0.29, 0.717) is 18.3 Å². The SMILES string of the molecule is CNc1nc2c(s1)[C@@H](c1ccccc1OC1CCCC1)CC(=O)N2. The Bertz CT molecular complexity index is 752. The van der Waals surface area contributed by atoms with Gasteiger partial charge in [-0.15, -0.1) is 0 Å². The molecule has 2 heterocycles. The molecule has 0 spiro atoms. The largest absolute Gasteiger partial charge is 0.490 e. The number of nitrogens with one attached hydrogen (secondary N) is 2. The van der Waals surface area contributed by atoms with Crippen LogP contribution in [0.3, 0.4) is 0 Å². The molecular formula is C18H21N3O2S. The fourth-order valence-corrected chi connectivity index (χ4v) is 4.53. The van der Waals surface area contributed by atoms with Crippen molar-refractivity contribution in [3.8, 4) is 5.75 Å². The van der Waals surface area contributed by atoms with Crippen LogP contribution < -0.4 is 15.4 Å². The highest BCUT2D eigenvalue weighted by atomic mass is 32.1. The molecule has 1 amide bonds. The van der Waals surface area contributed by atoms with Crippen LogP contribution in [-0.2, 0) is 4.79 Å². The summed E-state index contributed by atoms with van der Waals surface area (Å²) < 4.78 is 6.28. The number of hydrogen-bond donors (Lipinski definition) is 2. The quantitative estimate of drug-likeness (QED) is 0.881. The van der Waals surface area contributed by atoms with Gasteiger partial charge in [0.2, 0.25) is 5.91 Å². The predicted molar refractivity (Wildman–Crippen MR) is 96.1 cm³/mol. The van der Waals surface area contributed by atoms with Gasteiger partial charge in [-0.3, -0.25) is 4.79 Å². The molecular weight excluding hydrogens is 322 g/mol. The molecule has 4 rings (SSSR count). The van der Waals surface area contributed by atoms with E-state index in [1.54, 1.807) is 11.3 Å². The lowest BCUT2D eigenvalue weighted by Crippen LogP contribution is -2.23. The Labute approximate surface area is 145 Å². The number of ether oxygens (including phenoxy) is 1. The average molecular weight is 343 g/mol. The van der Waals surface area contributed by atoms with Crippen LogP contribution in [0.15, 0.2) is 24.3 Å². The van der Waals surface area contributed by atoms with E-state index < -0.39 is 0 Å². The van der Waals surface area contributed by atoms with Crippen LogP contribution >= 0.6 is 11.3 Å². The minimum Gasteiger partial charge on any atom is -0.490 e.